The molecule has 1 saturated heterocycles. The summed E-state index contributed by atoms with van der Waals surface area (Å²) in [6, 6.07) is 0. The van der Waals surface area contributed by atoms with Gasteiger partial charge in [-0.25, -0.2) is 13.2 Å². The summed E-state index contributed by atoms with van der Waals surface area (Å²) in [5.41, 5.74) is -1.18. The average molecular weight is 426 g/mol. The van der Waals surface area contributed by atoms with Gasteiger partial charge in [0.25, 0.3) is 0 Å². The molecule has 1 saturated carbocycles. The van der Waals surface area contributed by atoms with Crippen LogP contribution in [0.15, 0.2) is 11.6 Å². The summed E-state index contributed by atoms with van der Waals surface area (Å²) in [5, 5.41) is 0. The van der Waals surface area contributed by atoms with E-state index in [1.807, 2.05) is 6.92 Å². The minimum Gasteiger partial charge on any atom is -0.462 e. The van der Waals surface area contributed by atoms with Crippen LogP contribution in [0.1, 0.15) is 33.6 Å². The highest BCUT2D eigenvalue weighted by molar-refractivity contribution is 7.81. The first kappa shape index (κ1) is 20.7. The number of hydrogen-bond donors (Lipinski definition) is 2. The number of fused-ring (bicyclic) bond motifs is 3. The van der Waals surface area contributed by atoms with Gasteiger partial charge in [0.1, 0.15) is 12.2 Å². The van der Waals surface area contributed by atoms with Crippen LogP contribution in [-0.2, 0) is 38.7 Å². The molecule has 0 amide bonds. The van der Waals surface area contributed by atoms with Crippen molar-refractivity contribution in [2.75, 3.05) is 6.61 Å². The molecular weight excluding hydrogens is 404 g/mol. The van der Waals surface area contributed by atoms with Crippen molar-refractivity contribution in [2.45, 2.75) is 45.8 Å². The standard InChI is InChI=1S/C15H22O10S2/c1-14(2)11-5-4-8-9(7-23-13(8)16)15(11,3)6-10(24-26(17,18)19)12(14)25-27(20,21)22/h4,9-12H,5-7H2,1-3H3,(H,17,18,19)(H,20,21,22)/t9?,10-,11?,12+,15-/m1/s1. The van der Waals surface area contributed by atoms with E-state index in [2.05, 4.69) is 0 Å². The van der Waals surface area contributed by atoms with Crippen molar-refractivity contribution in [3.63, 3.8) is 0 Å². The van der Waals surface area contributed by atoms with E-state index in [9.17, 15) is 21.6 Å². The molecule has 5 atom stereocenters. The van der Waals surface area contributed by atoms with Gasteiger partial charge in [-0.15, -0.1) is 0 Å². The maximum Gasteiger partial charge on any atom is 0.397 e. The normalized spacial score (nSPS) is 38.6. The summed E-state index contributed by atoms with van der Waals surface area (Å²) in [4.78, 5) is 12.0. The molecule has 154 valence electrons. The van der Waals surface area contributed by atoms with Gasteiger partial charge in [-0.05, 0) is 29.6 Å². The largest absolute Gasteiger partial charge is 0.462 e. The number of carbonyl (C=O) groups is 1. The molecule has 3 aliphatic rings. The quantitative estimate of drug-likeness (QED) is 0.490. The molecule has 0 aromatic rings. The number of cyclic esters (lactones) is 1. The van der Waals surface area contributed by atoms with Crippen LogP contribution >= 0.6 is 0 Å². The van der Waals surface area contributed by atoms with Crippen LogP contribution in [0.5, 0.6) is 0 Å². The number of allylic oxidation sites excluding steroid dienone is 1. The van der Waals surface area contributed by atoms with Crippen LogP contribution in [0, 0.1) is 22.7 Å². The van der Waals surface area contributed by atoms with Gasteiger partial charge in [0, 0.05) is 11.5 Å². The van der Waals surface area contributed by atoms with Gasteiger partial charge < -0.3 is 4.74 Å². The van der Waals surface area contributed by atoms with Gasteiger partial charge in [0.05, 0.1) is 6.61 Å². The van der Waals surface area contributed by atoms with Crippen molar-refractivity contribution in [3.05, 3.63) is 11.6 Å². The van der Waals surface area contributed by atoms with Crippen LogP contribution in [0.25, 0.3) is 0 Å². The highest BCUT2D eigenvalue weighted by Gasteiger charge is 2.63. The van der Waals surface area contributed by atoms with E-state index in [0.29, 0.717) is 12.0 Å². The summed E-state index contributed by atoms with van der Waals surface area (Å²) >= 11 is 0. The third-order valence-corrected chi connectivity index (χ3v) is 7.18. The van der Waals surface area contributed by atoms with Crippen LogP contribution in [-0.4, -0.2) is 50.7 Å². The van der Waals surface area contributed by atoms with Crippen molar-refractivity contribution in [1.82, 2.24) is 0 Å². The fourth-order valence-corrected chi connectivity index (χ4v) is 6.33. The SMILES string of the molecule is CC1(C)C2CC=C3C(=O)OCC3[C@@]2(C)C[C@@H](OS(=O)(=O)O)[C@@H]1OS(=O)(=O)O. The Balaban J connectivity index is 2.09. The lowest BCUT2D eigenvalue weighted by atomic mass is 9.47. The molecule has 0 bridgehead atoms. The Hall–Kier alpha value is -1.05. The summed E-state index contributed by atoms with van der Waals surface area (Å²) in [5.74, 6) is -0.996. The molecule has 2 fully saturated rings. The average Bonchev–Trinajstić information content (AvgIpc) is 2.83. The van der Waals surface area contributed by atoms with Gasteiger partial charge in [0.2, 0.25) is 0 Å². The fourth-order valence-electron chi connectivity index (χ4n) is 5.22. The minimum atomic E-state index is -4.93. The van der Waals surface area contributed by atoms with E-state index >= 15 is 0 Å². The van der Waals surface area contributed by atoms with Crippen LogP contribution < -0.4 is 0 Å². The minimum absolute atomic E-state index is 0.0281. The number of carbonyl (C=O) groups excluding carboxylic acids is 1. The number of hydrogen-bond acceptors (Lipinski definition) is 8. The molecule has 2 N–H and O–H groups in total. The third kappa shape index (κ3) is 3.66. The summed E-state index contributed by atoms with van der Waals surface area (Å²) in [6.45, 7) is 5.31. The topological polar surface area (TPSA) is 154 Å². The highest BCUT2D eigenvalue weighted by atomic mass is 32.3. The molecule has 12 heteroatoms. The first-order valence-electron chi connectivity index (χ1n) is 8.34. The Morgan fingerprint density at radius 2 is 1.70 bits per heavy atom. The Labute approximate surface area is 157 Å². The van der Waals surface area contributed by atoms with Crippen molar-refractivity contribution >= 4 is 26.8 Å². The van der Waals surface area contributed by atoms with Gasteiger partial charge >= 0.3 is 26.8 Å². The van der Waals surface area contributed by atoms with Gasteiger partial charge in [-0.3, -0.25) is 9.11 Å². The van der Waals surface area contributed by atoms with E-state index in [1.165, 1.54) is 0 Å². The second-order valence-electron chi connectivity index (χ2n) is 8.14. The molecule has 27 heavy (non-hydrogen) atoms. The maximum atomic E-state index is 12.0. The summed E-state index contributed by atoms with van der Waals surface area (Å²) in [7, 11) is -9.85. The molecule has 10 nitrogen and oxygen atoms in total. The Morgan fingerprint density at radius 3 is 2.26 bits per heavy atom. The zero-order valence-corrected chi connectivity index (χ0v) is 16.6. The zero-order valence-electron chi connectivity index (χ0n) is 15.0. The number of esters is 1. The fraction of sp³-hybridized carbons (Fsp3) is 0.800. The Bertz CT molecular complexity index is 888. The van der Waals surface area contributed by atoms with Crippen LogP contribution in [0.4, 0.5) is 0 Å². The number of rotatable bonds is 4. The molecule has 1 aliphatic heterocycles. The number of ether oxygens (including phenoxy) is 1. The van der Waals surface area contributed by atoms with E-state index in [1.54, 1.807) is 19.9 Å². The molecule has 0 radical (unpaired) electrons. The molecule has 1 heterocycles. The predicted molar refractivity (Wildman–Crippen MR) is 90.0 cm³/mol. The van der Waals surface area contributed by atoms with Gasteiger partial charge in [0.15, 0.2) is 0 Å². The first-order chi connectivity index (χ1) is 12.2. The molecule has 2 unspecified atom stereocenters. The van der Waals surface area contributed by atoms with E-state index in [4.69, 9.17) is 22.2 Å². The van der Waals surface area contributed by atoms with Crippen molar-refractivity contribution < 1.29 is 43.8 Å². The summed E-state index contributed by atoms with van der Waals surface area (Å²) < 4.78 is 78.4. The molecule has 0 aromatic heterocycles. The lowest BCUT2D eigenvalue weighted by molar-refractivity contribution is -0.157. The Morgan fingerprint density at radius 1 is 1.11 bits per heavy atom. The maximum absolute atomic E-state index is 12.0. The third-order valence-electron chi connectivity index (χ3n) is 6.24. The second-order valence-corrected chi connectivity index (χ2v) is 10.2. The van der Waals surface area contributed by atoms with Crippen LogP contribution in [0.3, 0.4) is 0 Å². The Kier molecular flexibility index (Phi) is 4.77. The van der Waals surface area contributed by atoms with Gasteiger partial charge in [-0.1, -0.05) is 26.8 Å². The molecule has 3 rings (SSSR count). The van der Waals surface area contributed by atoms with E-state index in [-0.39, 0.29) is 24.9 Å². The van der Waals surface area contributed by atoms with Crippen molar-refractivity contribution in [1.29, 1.82) is 0 Å². The summed E-state index contributed by atoms with van der Waals surface area (Å²) in [6.07, 6.45) is -0.634. The second kappa shape index (κ2) is 6.22. The predicted octanol–water partition coefficient (Wildman–Crippen LogP) is 0.918. The zero-order chi connectivity index (χ0) is 20.4. The first-order valence-corrected chi connectivity index (χ1v) is 11.1. The lowest BCUT2D eigenvalue weighted by Gasteiger charge is -2.59. The molecule has 0 aromatic carbocycles. The monoisotopic (exact) mass is 426 g/mol. The van der Waals surface area contributed by atoms with Crippen LogP contribution in [0.2, 0.25) is 0 Å². The molecule has 0 spiro atoms. The lowest BCUT2D eigenvalue weighted by Crippen LogP contribution is -2.61. The molecule has 2 aliphatic carbocycles. The highest BCUT2D eigenvalue weighted by Crippen LogP contribution is 2.62. The molecular formula is C15H22O10S2. The van der Waals surface area contributed by atoms with E-state index < -0.39 is 49.8 Å². The van der Waals surface area contributed by atoms with E-state index in [0.717, 1.165) is 0 Å². The smallest absolute Gasteiger partial charge is 0.397 e. The van der Waals surface area contributed by atoms with Gasteiger partial charge in [-0.2, -0.15) is 16.8 Å². The van der Waals surface area contributed by atoms with Crippen molar-refractivity contribution in [3.8, 4) is 0 Å². The van der Waals surface area contributed by atoms with Crippen molar-refractivity contribution in [2.24, 2.45) is 22.7 Å².